The van der Waals surface area contributed by atoms with Gasteiger partial charge in [0.2, 0.25) is 10.0 Å². The van der Waals surface area contributed by atoms with E-state index >= 15 is 0 Å². The van der Waals surface area contributed by atoms with Crippen LogP contribution in [0.1, 0.15) is 11.1 Å². The number of nitrogens with one attached hydrogen (secondary N) is 2. The minimum Gasteiger partial charge on any atom is -0.408 e. The van der Waals surface area contributed by atoms with Crippen molar-refractivity contribution in [3.8, 4) is 0 Å². The van der Waals surface area contributed by atoms with Gasteiger partial charge in [0.15, 0.2) is 5.58 Å². The summed E-state index contributed by atoms with van der Waals surface area (Å²) in [6.45, 7) is 1.97. The summed E-state index contributed by atoms with van der Waals surface area (Å²) in [6.07, 6.45) is 0.598. The first-order valence-electron chi connectivity index (χ1n) is 7.13. The molecule has 0 aliphatic carbocycles. The molecule has 0 aliphatic rings. The van der Waals surface area contributed by atoms with Crippen LogP contribution in [0.4, 0.5) is 0 Å². The topological polar surface area (TPSA) is 92.2 Å². The van der Waals surface area contributed by atoms with Gasteiger partial charge in [-0.1, -0.05) is 30.3 Å². The van der Waals surface area contributed by atoms with Crippen molar-refractivity contribution in [3.05, 3.63) is 64.1 Å². The first-order chi connectivity index (χ1) is 11.0. The highest BCUT2D eigenvalue weighted by Gasteiger charge is 2.18. The Labute approximate surface area is 133 Å². The van der Waals surface area contributed by atoms with Gasteiger partial charge in [-0.25, -0.2) is 17.9 Å². The lowest BCUT2D eigenvalue weighted by Gasteiger charge is -2.09. The van der Waals surface area contributed by atoms with Crippen LogP contribution < -0.4 is 10.5 Å². The summed E-state index contributed by atoms with van der Waals surface area (Å²) in [5, 5.41) is 0. The van der Waals surface area contributed by atoms with Gasteiger partial charge in [0.1, 0.15) is 0 Å². The van der Waals surface area contributed by atoms with Gasteiger partial charge < -0.3 is 4.42 Å². The molecule has 6 nitrogen and oxygen atoms in total. The zero-order valence-corrected chi connectivity index (χ0v) is 13.3. The van der Waals surface area contributed by atoms with Crippen molar-refractivity contribution >= 4 is 21.1 Å². The van der Waals surface area contributed by atoms with Crippen molar-refractivity contribution in [1.29, 1.82) is 0 Å². The Kier molecular flexibility index (Phi) is 4.06. The number of sulfonamides is 1. The smallest absolute Gasteiger partial charge is 0.408 e. The molecule has 0 unspecified atom stereocenters. The number of hydrogen-bond donors (Lipinski definition) is 2. The number of rotatable bonds is 5. The van der Waals surface area contributed by atoms with Crippen LogP contribution in [-0.4, -0.2) is 19.9 Å². The zero-order chi connectivity index (χ0) is 16.4. The van der Waals surface area contributed by atoms with Crippen molar-refractivity contribution in [3.63, 3.8) is 0 Å². The number of H-pyrrole nitrogens is 1. The summed E-state index contributed by atoms with van der Waals surface area (Å²) < 4.78 is 32.4. The van der Waals surface area contributed by atoms with Crippen LogP contribution in [0.5, 0.6) is 0 Å². The fourth-order valence-electron chi connectivity index (χ4n) is 2.43. The summed E-state index contributed by atoms with van der Waals surface area (Å²) in [5.41, 5.74) is 2.31. The predicted octanol–water partition coefficient (Wildman–Crippen LogP) is 1.95. The standard InChI is InChI=1S/C16H16N2O4S/c1-11-9-13-14(22-16(19)18-13)10-15(11)23(20,21)17-8-7-12-5-3-2-4-6-12/h2-6,9-10,17H,7-8H2,1H3,(H,18,19). The van der Waals surface area contributed by atoms with Crippen molar-refractivity contribution in [1.82, 2.24) is 9.71 Å². The second-order valence-electron chi connectivity index (χ2n) is 5.26. The van der Waals surface area contributed by atoms with E-state index in [-0.39, 0.29) is 10.5 Å². The van der Waals surface area contributed by atoms with Gasteiger partial charge in [-0.15, -0.1) is 0 Å². The van der Waals surface area contributed by atoms with Crippen LogP contribution in [0.2, 0.25) is 0 Å². The molecule has 7 heteroatoms. The molecule has 0 spiro atoms. The summed E-state index contributed by atoms with van der Waals surface area (Å²) in [7, 11) is -3.67. The molecule has 0 amide bonds. The number of aryl methyl sites for hydroxylation is 1. The van der Waals surface area contributed by atoms with Gasteiger partial charge in [-0.05, 0) is 30.5 Å². The van der Waals surface area contributed by atoms with Gasteiger partial charge in [0, 0.05) is 12.6 Å². The third kappa shape index (κ3) is 3.35. The lowest BCUT2D eigenvalue weighted by molar-refractivity contribution is 0.553. The van der Waals surface area contributed by atoms with Gasteiger partial charge in [-0.3, -0.25) is 4.98 Å². The second kappa shape index (κ2) is 6.02. The molecule has 3 rings (SSSR count). The fourth-order valence-corrected chi connectivity index (χ4v) is 3.70. The van der Waals surface area contributed by atoms with Crippen LogP contribution in [0.25, 0.3) is 11.1 Å². The van der Waals surface area contributed by atoms with Gasteiger partial charge >= 0.3 is 5.76 Å². The Morgan fingerprint density at radius 1 is 1.17 bits per heavy atom. The van der Waals surface area contributed by atoms with Gasteiger partial charge in [-0.2, -0.15) is 0 Å². The van der Waals surface area contributed by atoms with Gasteiger partial charge in [0.05, 0.1) is 10.4 Å². The van der Waals surface area contributed by atoms with E-state index < -0.39 is 15.8 Å². The third-order valence-corrected chi connectivity index (χ3v) is 5.16. The monoisotopic (exact) mass is 332 g/mol. The minimum absolute atomic E-state index is 0.112. The summed E-state index contributed by atoms with van der Waals surface area (Å²) >= 11 is 0. The molecule has 0 saturated carbocycles. The third-order valence-electron chi connectivity index (χ3n) is 3.55. The van der Waals surface area contributed by atoms with E-state index in [0.29, 0.717) is 24.0 Å². The normalized spacial score (nSPS) is 11.9. The number of aromatic nitrogens is 1. The maximum absolute atomic E-state index is 12.5. The average molecular weight is 332 g/mol. The van der Waals surface area contributed by atoms with Gasteiger partial charge in [0.25, 0.3) is 0 Å². The average Bonchev–Trinajstić information content (AvgIpc) is 2.86. The Hall–Kier alpha value is -2.38. The Morgan fingerprint density at radius 2 is 1.91 bits per heavy atom. The van der Waals surface area contributed by atoms with Crippen molar-refractivity contribution in [2.75, 3.05) is 6.54 Å². The number of hydrogen-bond acceptors (Lipinski definition) is 4. The maximum Gasteiger partial charge on any atom is 0.417 e. The van der Waals surface area contributed by atoms with Crippen molar-refractivity contribution in [2.24, 2.45) is 0 Å². The molecular weight excluding hydrogens is 316 g/mol. The molecular formula is C16H16N2O4S. The van der Waals surface area contributed by atoms with E-state index in [9.17, 15) is 13.2 Å². The lowest BCUT2D eigenvalue weighted by atomic mass is 10.2. The van der Waals surface area contributed by atoms with E-state index in [1.165, 1.54) is 6.07 Å². The molecule has 120 valence electrons. The van der Waals surface area contributed by atoms with Crippen LogP contribution in [0.15, 0.2) is 56.6 Å². The molecule has 0 bridgehead atoms. The van der Waals surface area contributed by atoms with Crippen molar-refractivity contribution < 1.29 is 12.8 Å². The number of benzene rings is 2. The Bertz CT molecular complexity index is 988. The zero-order valence-electron chi connectivity index (χ0n) is 12.5. The summed E-state index contributed by atoms with van der Waals surface area (Å²) in [4.78, 5) is 13.8. The molecule has 0 aliphatic heterocycles. The van der Waals surface area contributed by atoms with Crippen LogP contribution in [0.3, 0.4) is 0 Å². The van der Waals surface area contributed by atoms with E-state index in [1.54, 1.807) is 13.0 Å². The molecule has 3 aromatic rings. The molecule has 1 heterocycles. The predicted molar refractivity (Wildman–Crippen MR) is 86.9 cm³/mol. The number of fused-ring (bicyclic) bond motifs is 1. The van der Waals surface area contributed by atoms with E-state index in [2.05, 4.69) is 9.71 Å². The Balaban J connectivity index is 1.81. The summed E-state index contributed by atoms with van der Waals surface area (Å²) in [6, 6.07) is 12.6. The SMILES string of the molecule is Cc1cc2[nH]c(=O)oc2cc1S(=O)(=O)NCCc1ccccc1. The maximum atomic E-state index is 12.5. The highest BCUT2D eigenvalue weighted by atomic mass is 32.2. The first kappa shape index (κ1) is 15.5. The van der Waals surface area contributed by atoms with E-state index in [1.807, 2.05) is 30.3 Å². The Morgan fingerprint density at radius 3 is 2.65 bits per heavy atom. The fraction of sp³-hybridized carbons (Fsp3) is 0.188. The second-order valence-corrected chi connectivity index (χ2v) is 7.00. The number of aromatic amines is 1. The lowest BCUT2D eigenvalue weighted by Crippen LogP contribution is -2.26. The molecule has 0 saturated heterocycles. The molecule has 2 aromatic carbocycles. The highest BCUT2D eigenvalue weighted by molar-refractivity contribution is 7.89. The quantitative estimate of drug-likeness (QED) is 0.747. The minimum atomic E-state index is -3.67. The van der Waals surface area contributed by atoms with Crippen LogP contribution in [-0.2, 0) is 16.4 Å². The molecule has 2 N–H and O–H groups in total. The van der Waals surface area contributed by atoms with E-state index in [0.717, 1.165) is 5.56 Å². The molecule has 0 atom stereocenters. The van der Waals surface area contributed by atoms with Crippen LogP contribution >= 0.6 is 0 Å². The number of oxazole rings is 1. The van der Waals surface area contributed by atoms with Crippen molar-refractivity contribution in [2.45, 2.75) is 18.2 Å². The van der Waals surface area contributed by atoms with Crippen LogP contribution in [0, 0.1) is 6.92 Å². The highest BCUT2D eigenvalue weighted by Crippen LogP contribution is 2.21. The molecule has 23 heavy (non-hydrogen) atoms. The molecule has 1 aromatic heterocycles. The van der Waals surface area contributed by atoms with E-state index in [4.69, 9.17) is 4.42 Å². The molecule has 0 radical (unpaired) electrons. The largest absolute Gasteiger partial charge is 0.417 e. The first-order valence-corrected chi connectivity index (χ1v) is 8.61. The molecule has 0 fully saturated rings. The summed E-state index contributed by atoms with van der Waals surface area (Å²) in [5.74, 6) is -0.606.